The van der Waals surface area contributed by atoms with Gasteiger partial charge in [0.05, 0.1) is 12.5 Å². The van der Waals surface area contributed by atoms with Crippen LogP contribution < -0.4 is 0 Å². The minimum absolute atomic E-state index is 0.130. The quantitative estimate of drug-likeness (QED) is 0.784. The summed E-state index contributed by atoms with van der Waals surface area (Å²) >= 11 is 0. The van der Waals surface area contributed by atoms with E-state index in [1.807, 2.05) is 6.07 Å². The molecular formula is C18H23FO3. The van der Waals surface area contributed by atoms with Gasteiger partial charge in [0.2, 0.25) is 0 Å². The average Bonchev–Trinajstić information content (AvgIpc) is 2.90. The number of carbonyl (C=O) groups is 1. The van der Waals surface area contributed by atoms with Crippen LogP contribution in [0.5, 0.6) is 0 Å². The lowest BCUT2D eigenvalue weighted by Crippen LogP contribution is -2.38. The molecule has 1 saturated heterocycles. The predicted octanol–water partition coefficient (Wildman–Crippen LogP) is 3.53. The number of hydrogen-bond donors (Lipinski definition) is 0. The van der Waals surface area contributed by atoms with Crippen LogP contribution in [-0.2, 0) is 19.7 Å². The van der Waals surface area contributed by atoms with Crippen LogP contribution in [-0.4, -0.2) is 26.3 Å². The summed E-state index contributed by atoms with van der Waals surface area (Å²) in [4.78, 5) is 12.7. The summed E-state index contributed by atoms with van der Waals surface area (Å²) in [6.07, 6.45) is 4.38. The van der Waals surface area contributed by atoms with Gasteiger partial charge in [0.25, 0.3) is 0 Å². The van der Waals surface area contributed by atoms with E-state index in [9.17, 15) is 9.18 Å². The van der Waals surface area contributed by atoms with Crippen molar-refractivity contribution < 1.29 is 18.7 Å². The third-order valence-electron chi connectivity index (χ3n) is 5.67. The number of carbonyl (C=O) groups excluding carboxylic acids is 1. The number of rotatable bonds is 2. The van der Waals surface area contributed by atoms with Crippen molar-refractivity contribution in [2.75, 3.05) is 20.3 Å². The molecule has 0 amide bonds. The van der Waals surface area contributed by atoms with E-state index in [1.165, 1.54) is 13.2 Å². The van der Waals surface area contributed by atoms with E-state index in [-0.39, 0.29) is 17.2 Å². The second kappa shape index (κ2) is 5.65. The Morgan fingerprint density at radius 1 is 1.23 bits per heavy atom. The Labute approximate surface area is 130 Å². The lowest BCUT2D eigenvalue weighted by atomic mass is 9.71. The molecule has 1 unspecified atom stereocenters. The SMILES string of the molecule is COC(=O)C1(c2cccc(F)c2C)CCC2(CCOCC2)C1. The number of ether oxygens (including phenoxy) is 2. The van der Waals surface area contributed by atoms with Crippen molar-refractivity contribution in [3.63, 3.8) is 0 Å². The highest BCUT2D eigenvalue weighted by Gasteiger charge is 2.54. The van der Waals surface area contributed by atoms with Crippen LogP contribution in [0.15, 0.2) is 18.2 Å². The third kappa shape index (κ3) is 2.34. The molecule has 0 radical (unpaired) electrons. The van der Waals surface area contributed by atoms with Gasteiger partial charge in [0.1, 0.15) is 5.82 Å². The Bertz CT molecular complexity index is 578. The Morgan fingerprint density at radius 2 is 1.95 bits per heavy atom. The number of methoxy groups -OCH3 is 1. The van der Waals surface area contributed by atoms with Crippen molar-refractivity contribution in [3.8, 4) is 0 Å². The molecule has 0 aromatic heterocycles. The molecule has 2 aliphatic rings. The van der Waals surface area contributed by atoms with Gasteiger partial charge >= 0.3 is 5.97 Å². The van der Waals surface area contributed by atoms with Crippen LogP contribution >= 0.6 is 0 Å². The first-order chi connectivity index (χ1) is 10.5. The summed E-state index contributed by atoms with van der Waals surface area (Å²) in [6, 6.07) is 5.02. The summed E-state index contributed by atoms with van der Waals surface area (Å²) < 4.78 is 24.6. The zero-order chi connectivity index (χ0) is 15.8. The molecule has 22 heavy (non-hydrogen) atoms. The van der Waals surface area contributed by atoms with E-state index in [0.29, 0.717) is 5.56 Å². The fourth-order valence-electron chi connectivity index (χ4n) is 4.36. The van der Waals surface area contributed by atoms with Crippen LogP contribution in [0, 0.1) is 18.2 Å². The summed E-state index contributed by atoms with van der Waals surface area (Å²) in [7, 11) is 1.42. The average molecular weight is 306 g/mol. The predicted molar refractivity (Wildman–Crippen MR) is 81.2 cm³/mol. The largest absolute Gasteiger partial charge is 0.468 e. The van der Waals surface area contributed by atoms with Gasteiger partial charge in [-0.2, -0.15) is 0 Å². The minimum atomic E-state index is -0.710. The van der Waals surface area contributed by atoms with Crippen LogP contribution in [0.1, 0.15) is 43.2 Å². The topological polar surface area (TPSA) is 35.5 Å². The Hall–Kier alpha value is -1.42. The smallest absolute Gasteiger partial charge is 0.316 e. The van der Waals surface area contributed by atoms with Gasteiger partial charge < -0.3 is 9.47 Å². The molecule has 1 saturated carbocycles. The highest BCUT2D eigenvalue weighted by atomic mass is 19.1. The van der Waals surface area contributed by atoms with Gasteiger partial charge in [-0.25, -0.2) is 4.39 Å². The maximum absolute atomic E-state index is 14.0. The van der Waals surface area contributed by atoms with Crippen molar-refractivity contribution in [2.45, 2.75) is 44.4 Å². The summed E-state index contributed by atoms with van der Waals surface area (Å²) in [5.41, 5.74) is 0.781. The van der Waals surface area contributed by atoms with E-state index < -0.39 is 5.41 Å². The van der Waals surface area contributed by atoms with Gasteiger partial charge in [-0.1, -0.05) is 12.1 Å². The second-order valence-corrected chi connectivity index (χ2v) is 6.78. The van der Waals surface area contributed by atoms with Gasteiger partial charge in [-0.15, -0.1) is 0 Å². The molecule has 2 fully saturated rings. The van der Waals surface area contributed by atoms with Gasteiger partial charge in [0.15, 0.2) is 0 Å². The fraction of sp³-hybridized carbons (Fsp3) is 0.611. The van der Waals surface area contributed by atoms with E-state index in [0.717, 1.165) is 50.9 Å². The van der Waals surface area contributed by atoms with Crippen LogP contribution in [0.25, 0.3) is 0 Å². The molecular weight excluding hydrogens is 283 g/mol. The number of hydrogen-bond acceptors (Lipinski definition) is 3. The van der Waals surface area contributed by atoms with E-state index in [1.54, 1.807) is 13.0 Å². The van der Waals surface area contributed by atoms with Crippen molar-refractivity contribution in [1.29, 1.82) is 0 Å². The molecule has 120 valence electrons. The maximum atomic E-state index is 14.0. The van der Waals surface area contributed by atoms with Gasteiger partial charge in [-0.05, 0) is 61.6 Å². The fourth-order valence-corrected chi connectivity index (χ4v) is 4.36. The van der Waals surface area contributed by atoms with E-state index >= 15 is 0 Å². The molecule has 0 N–H and O–H groups in total. The van der Waals surface area contributed by atoms with E-state index in [2.05, 4.69) is 0 Å². The molecule has 1 heterocycles. The molecule has 3 nitrogen and oxygen atoms in total. The Balaban J connectivity index is 2.04. The number of esters is 1. The Kier molecular flexibility index (Phi) is 3.98. The van der Waals surface area contributed by atoms with Gasteiger partial charge in [-0.3, -0.25) is 4.79 Å². The highest BCUT2D eigenvalue weighted by Crippen LogP contribution is 2.56. The highest BCUT2D eigenvalue weighted by molar-refractivity contribution is 5.84. The molecule has 1 aromatic carbocycles. The summed E-state index contributed by atoms with van der Waals surface area (Å²) in [6.45, 7) is 3.25. The van der Waals surface area contributed by atoms with Crippen LogP contribution in [0.4, 0.5) is 4.39 Å². The zero-order valence-corrected chi connectivity index (χ0v) is 13.3. The first-order valence-corrected chi connectivity index (χ1v) is 7.95. The normalized spacial score (nSPS) is 27.0. The third-order valence-corrected chi connectivity index (χ3v) is 5.67. The molecule has 1 aliphatic carbocycles. The van der Waals surface area contributed by atoms with Crippen LogP contribution in [0.3, 0.4) is 0 Å². The number of halogens is 1. The lowest BCUT2D eigenvalue weighted by molar-refractivity contribution is -0.148. The van der Waals surface area contributed by atoms with Gasteiger partial charge in [0, 0.05) is 13.2 Å². The molecule has 1 atom stereocenters. The first-order valence-electron chi connectivity index (χ1n) is 7.95. The summed E-state index contributed by atoms with van der Waals surface area (Å²) in [5, 5.41) is 0. The minimum Gasteiger partial charge on any atom is -0.468 e. The molecule has 1 aromatic rings. The standard InChI is InChI=1S/C18H23FO3/c1-13-14(4-3-5-15(13)19)18(16(20)21-2)7-6-17(12-18)8-10-22-11-9-17/h3-5H,6-12H2,1-2H3. The molecule has 3 rings (SSSR count). The van der Waals surface area contributed by atoms with E-state index in [4.69, 9.17) is 9.47 Å². The maximum Gasteiger partial charge on any atom is 0.316 e. The van der Waals surface area contributed by atoms with Crippen molar-refractivity contribution in [3.05, 3.63) is 35.1 Å². The lowest BCUT2D eigenvalue weighted by Gasteiger charge is -2.36. The van der Waals surface area contributed by atoms with Crippen molar-refractivity contribution in [1.82, 2.24) is 0 Å². The van der Waals surface area contributed by atoms with Crippen molar-refractivity contribution >= 4 is 5.97 Å². The Morgan fingerprint density at radius 3 is 2.64 bits per heavy atom. The molecule has 4 heteroatoms. The number of benzene rings is 1. The molecule has 1 aliphatic heterocycles. The zero-order valence-electron chi connectivity index (χ0n) is 13.3. The van der Waals surface area contributed by atoms with Crippen molar-refractivity contribution in [2.24, 2.45) is 5.41 Å². The monoisotopic (exact) mass is 306 g/mol. The molecule has 0 bridgehead atoms. The summed E-state index contributed by atoms with van der Waals surface area (Å²) in [5.74, 6) is -0.488. The van der Waals surface area contributed by atoms with Crippen LogP contribution in [0.2, 0.25) is 0 Å². The first kappa shape index (κ1) is 15.5. The second-order valence-electron chi connectivity index (χ2n) is 6.78. The molecule has 1 spiro atoms.